The Balaban J connectivity index is 0.000000166. The van der Waals surface area contributed by atoms with Crippen LogP contribution in [0.1, 0.15) is 56.2 Å². The number of rotatable bonds is 5. The molecule has 0 saturated heterocycles. The molecule has 29 heavy (non-hydrogen) atoms. The van der Waals surface area contributed by atoms with Crippen LogP contribution < -0.4 is 0 Å². The summed E-state index contributed by atoms with van der Waals surface area (Å²) in [7, 11) is 0. The summed E-state index contributed by atoms with van der Waals surface area (Å²) < 4.78 is 3.90. The second-order valence-corrected chi connectivity index (χ2v) is 7.82. The van der Waals surface area contributed by atoms with Crippen LogP contribution in [0.25, 0.3) is 5.69 Å². The van der Waals surface area contributed by atoms with Gasteiger partial charge >= 0.3 is 0 Å². The third-order valence-electron chi connectivity index (χ3n) is 4.80. The zero-order valence-corrected chi connectivity index (χ0v) is 17.7. The molecule has 2 aromatic carbocycles. The van der Waals surface area contributed by atoms with Gasteiger partial charge in [-0.25, -0.2) is 4.68 Å². The molecule has 0 aliphatic carbocycles. The van der Waals surface area contributed by atoms with Crippen molar-refractivity contribution in [1.82, 2.24) is 19.6 Å². The van der Waals surface area contributed by atoms with Crippen molar-refractivity contribution in [3.8, 4) is 5.69 Å². The van der Waals surface area contributed by atoms with E-state index in [-0.39, 0.29) is 0 Å². The van der Waals surface area contributed by atoms with E-state index in [9.17, 15) is 0 Å². The molecule has 0 amide bonds. The molecule has 4 aromatic rings. The molecule has 0 N–H and O–H groups in total. The summed E-state index contributed by atoms with van der Waals surface area (Å²) >= 11 is 0. The molecule has 0 spiro atoms. The van der Waals surface area contributed by atoms with Crippen LogP contribution in [0.4, 0.5) is 0 Å². The summed E-state index contributed by atoms with van der Waals surface area (Å²) in [5.74, 6) is 1.09. The average molecular weight is 387 g/mol. The molecule has 0 saturated carbocycles. The van der Waals surface area contributed by atoms with Crippen LogP contribution in [0.2, 0.25) is 0 Å². The van der Waals surface area contributed by atoms with Crippen LogP contribution >= 0.6 is 0 Å². The molecule has 0 aliphatic rings. The molecule has 0 atom stereocenters. The molecule has 0 radical (unpaired) electrons. The first-order valence-electron chi connectivity index (χ1n) is 10.2. The van der Waals surface area contributed by atoms with E-state index in [4.69, 9.17) is 0 Å². The number of aromatic nitrogens is 4. The molecule has 4 heteroatoms. The highest BCUT2D eigenvalue weighted by atomic mass is 15.3. The van der Waals surface area contributed by atoms with Gasteiger partial charge in [0.25, 0.3) is 0 Å². The van der Waals surface area contributed by atoms with Crippen molar-refractivity contribution >= 4 is 0 Å². The molecular weight excluding hydrogens is 356 g/mol. The molecule has 4 rings (SSSR count). The van der Waals surface area contributed by atoms with E-state index in [1.807, 2.05) is 46.0 Å². The van der Waals surface area contributed by atoms with Gasteiger partial charge in [0, 0.05) is 12.4 Å². The maximum Gasteiger partial charge on any atom is 0.0659 e. The Kier molecular flexibility index (Phi) is 7.01. The van der Waals surface area contributed by atoms with Gasteiger partial charge in [0.1, 0.15) is 0 Å². The minimum Gasteiger partial charge on any atom is -0.268 e. The third kappa shape index (κ3) is 5.92. The topological polar surface area (TPSA) is 35.6 Å². The lowest BCUT2D eigenvalue weighted by atomic mass is 10.1. The fourth-order valence-corrected chi connectivity index (χ4v) is 2.89. The van der Waals surface area contributed by atoms with Gasteiger partial charge in [-0.3, -0.25) is 4.68 Å². The molecule has 2 aromatic heterocycles. The summed E-state index contributed by atoms with van der Waals surface area (Å²) in [5.41, 5.74) is 4.97. The Morgan fingerprint density at radius 3 is 1.79 bits per heavy atom. The minimum absolute atomic E-state index is 0.535. The van der Waals surface area contributed by atoms with Gasteiger partial charge < -0.3 is 0 Å². The first-order chi connectivity index (χ1) is 14.0. The average Bonchev–Trinajstić information content (AvgIpc) is 3.40. The van der Waals surface area contributed by atoms with Gasteiger partial charge in [-0.2, -0.15) is 10.2 Å². The Labute approximate surface area is 173 Å². The molecular formula is C25H30N4. The minimum atomic E-state index is 0.535. The van der Waals surface area contributed by atoms with Crippen LogP contribution in [-0.4, -0.2) is 19.6 Å². The second kappa shape index (κ2) is 9.87. The first kappa shape index (κ1) is 20.6. The number of hydrogen-bond donors (Lipinski definition) is 0. The van der Waals surface area contributed by atoms with E-state index in [0.717, 1.165) is 12.2 Å². The van der Waals surface area contributed by atoms with Crippen molar-refractivity contribution in [3.63, 3.8) is 0 Å². The van der Waals surface area contributed by atoms with Gasteiger partial charge in [-0.1, -0.05) is 76.2 Å². The predicted molar refractivity (Wildman–Crippen MR) is 120 cm³/mol. The van der Waals surface area contributed by atoms with E-state index >= 15 is 0 Å². The van der Waals surface area contributed by atoms with Crippen molar-refractivity contribution < 1.29 is 0 Å². The van der Waals surface area contributed by atoms with Crippen LogP contribution in [0.5, 0.6) is 0 Å². The van der Waals surface area contributed by atoms with Gasteiger partial charge in [0.2, 0.25) is 0 Å². The highest BCUT2D eigenvalue weighted by Crippen LogP contribution is 2.15. The summed E-state index contributed by atoms with van der Waals surface area (Å²) in [6.07, 6.45) is 8.09. The van der Waals surface area contributed by atoms with Crippen molar-refractivity contribution in [3.05, 3.63) is 102 Å². The highest BCUT2D eigenvalue weighted by molar-refractivity contribution is 5.31. The van der Waals surface area contributed by atoms with Crippen molar-refractivity contribution in [1.29, 1.82) is 0 Å². The smallest absolute Gasteiger partial charge is 0.0659 e. The second-order valence-electron chi connectivity index (χ2n) is 7.82. The molecule has 2 heterocycles. The van der Waals surface area contributed by atoms with Crippen LogP contribution in [0.3, 0.4) is 0 Å². The van der Waals surface area contributed by atoms with Gasteiger partial charge in [0.05, 0.1) is 24.6 Å². The summed E-state index contributed by atoms with van der Waals surface area (Å²) in [5, 5.41) is 8.67. The predicted octanol–water partition coefficient (Wildman–Crippen LogP) is 6.05. The lowest BCUT2D eigenvalue weighted by Gasteiger charge is -2.01. The zero-order valence-electron chi connectivity index (χ0n) is 17.7. The monoisotopic (exact) mass is 386 g/mol. The maximum atomic E-state index is 4.35. The Morgan fingerprint density at radius 1 is 0.690 bits per heavy atom. The normalized spacial score (nSPS) is 10.8. The van der Waals surface area contributed by atoms with Gasteiger partial charge in [0.15, 0.2) is 0 Å². The molecule has 0 aliphatic heterocycles. The fraction of sp³-hybridized carbons (Fsp3) is 0.280. The third-order valence-corrected chi connectivity index (χ3v) is 4.80. The maximum absolute atomic E-state index is 4.35. The van der Waals surface area contributed by atoms with Gasteiger partial charge in [-0.15, -0.1) is 0 Å². The molecule has 0 unspecified atom stereocenters. The van der Waals surface area contributed by atoms with Crippen LogP contribution in [0.15, 0.2) is 85.5 Å². The number of para-hydroxylation sites is 1. The molecule has 0 bridgehead atoms. The summed E-state index contributed by atoms with van der Waals surface area (Å²) in [6, 6.07) is 20.5. The Morgan fingerprint density at radius 2 is 1.24 bits per heavy atom. The first-order valence-corrected chi connectivity index (χ1v) is 10.2. The standard InChI is InChI=1S/C13H16N2.C12H14N2/c1-11(2)13-8-14-15(10-13)9-12-6-4-3-5-7-12;1-10(2)11-8-13-14(9-11)12-6-4-3-5-7-12/h3-8,10-11H,9H2,1-2H3;3-10H,1-2H3. The highest BCUT2D eigenvalue weighted by Gasteiger charge is 2.03. The number of benzene rings is 2. The van der Waals surface area contributed by atoms with E-state index in [2.05, 4.69) is 86.7 Å². The SMILES string of the molecule is CC(C)c1cnn(-c2ccccc2)c1.CC(C)c1cnn(Cc2ccccc2)c1. The van der Waals surface area contributed by atoms with Crippen molar-refractivity contribution in [2.45, 2.75) is 46.1 Å². The zero-order chi connectivity index (χ0) is 20.6. The summed E-state index contributed by atoms with van der Waals surface area (Å²) in [4.78, 5) is 0. The quantitative estimate of drug-likeness (QED) is 0.418. The van der Waals surface area contributed by atoms with E-state index in [1.165, 1.54) is 16.7 Å². The van der Waals surface area contributed by atoms with E-state index < -0.39 is 0 Å². The lowest BCUT2D eigenvalue weighted by molar-refractivity contribution is 0.685. The largest absolute Gasteiger partial charge is 0.268 e. The lowest BCUT2D eigenvalue weighted by Crippen LogP contribution is -1.99. The van der Waals surface area contributed by atoms with Gasteiger partial charge in [-0.05, 0) is 40.7 Å². The van der Waals surface area contributed by atoms with Crippen molar-refractivity contribution in [2.24, 2.45) is 0 Å². The number of nitrogens with zero attached hydrogens (tertiary/aromatic N) is 4. The van der Waals surface area contributed by atoms with Crippen molar-refractivity contribution in [2.75, 3.05) is 0 Å². The van der Waals surface area contributed by atoms with Crippen LogP contribution in [0, 0.1) is 0 Å². The summed E-state index contributed by atoms with van der Waals surface area (Å²) in [6.45, 7) is 9.57. The Hall–Kier alpha value is -3.14. The Bertz CT molecular complexity index is 982. The van der Waals surface area contributed by atoms with E-state index in [0.29, 0.717) is 11.8 Å². The fourth-order valence-electron chi connectivity index (χ4n) is 2.89. The molecule has 150 valence electrons. The van der Waals surface area contributed by atoms with E-state index in [1.54, 1.807) is 0 Å². The number of hydrogen-bond acceptors (Lipinski definition) is 2. The molecule has 4 nitrogen and oxygen atoms in total. The molecule has 0 fully saturated rings. The van der Waals surface area contributed by atoms with Crippen LogP contribution in [-0.2, 0) is 6.54 Å².